The maximum absolute atomic E-state index is 14.1. The minimum atomic E-state index is -2.04. The van der Waals surface area contributed by atoms with E-state index in [4.69, 9.17) is 28.4 Å². The van der Waals surface area contributed by atoms with Crippen molar-refractivity contribution in [3.63, 3.8) is 0 Å². The number of morpholine rings is 1. The van der Waals surface area contributed by atoms with Crippen LogP contribution in [-0.4, -0.2) is 145 Å². The van der Waals surface area contributed by atoms with Crippen molar-refractivity contribution in [3.05, 3.63) is 51.6 Å². The van der Waals surface area contributed by atoms with Crippen molar-refractivity contribution < 1.29 is 58.1 Å². The van der Waals surface area contributed by atoms with E-state index in [2.05, 4.69) is 10.2 Å². The van der Waals surface area contributed by atoms with Crippen molar-refractivity contribution in [3.8, 4) is 17.2 Å². The van der Waals surface area contributed by atoms with Crippen LogP contribution in [0.2, 0.25) is 0 Å². The van der Waals surface area contributed by atoms with Crippen molar-refractivity contribution in [2.45, 2.75) is 74.9 Å². The number of hydrogen-bond acceptors (Lipinski definition) is 15. The number of ketones is 3. The van der Waals surface area contributed by atoms with Crippen LogP contribution < -0.4 is 10.1 Å². The quantitative estimate of drug-likeness (QED) is 0.250. The van der Waals surface area contributed by atoms with Crippen LogP contribution >= 0.6 is 0 Å². The molecule has 8 atom stereocenters. The van der Waals surface area contributed by atoms with Gasteiger partial charge < -0.3 is 49.1 Å². The number of methoxy groups -OCH3 is 2. The first-order chi connectivity index (χ1) is 24.5. The lowest BCUT2D eigenvalue weighted by molar-refractivity contribution is -0.256. The average molecular weight is 710 g/mol. The Balaban J connectivity index is 1.18. The molecule has 2 aromatic rings. The van der Waals surface area contributed by atoms with Crippen molar-refractivity contribution in [1.82, 2.24) is 15.1 Å². The number of hydrogen-bond donors (Lipinski definition) is 4. The molecule has 2 aromatic carbocycles. The summed E-state index contributed by atoms with van der Waals surface area (Å²) in [6, 6.07) is 4.40. The van der Waals surface area contributed by atoms with Gasteiger partial charge in [-0.2, -0.15) is 0 Å². The van der Waals surface area contributed by atoms with Crippen LogP contribution in [0, 0.1) is 0 Å². The SMILES string of the molecule is COc1cccc2c1C(=O)c1c(O)c3c(c(O)c1C2=O)CC(O)(C(=O)CN1CCNCC1)CC3O[C@H]1C[C@H]2[C@H](O[C@@H]3[C@@H](OC)OCCN32)[C@H](C)O1. The number of fused-ring (bicyclic) bond motifs is 6. The summed E-state index contributed by atoms with van der Waals surface area (Å²) < 4.78 is 35.9. The zero-order valence-electron chi connectivity index (χ0n) is 28.8. The first-order valence-corrected chi connectivity index (χ1v) is 17.5. The van der Waals surface area contributed by atoms with E-state index < -0.39 is 77.4 Å². The number of nitrogens with zero attached hydrogens (tertiary/aromatic N) is 2. The van der Waals surface area contributed by atoms with Gasteiger partial charge in [0, 0.05) is 81.8 Å². The molecule has 4 saturated heterocycles. The molecule has 0 amide bonds. The molecule has 4 fully saturated rings. The minimum absolute atomic E-state index is 0.00483. The summed E-state index contributed by atoms with van der Waals surface area (Å²) in [7, 11) is 2.93. The Bertz CT molecular complexity index is 1760. The number of nitrogens with one attached hydrogen (secondary N) is 1. The summed E-state index contributed by atoms with van der Waals surface area (Å²) in [5.41, 5.74) is -2.86. The molecule has 274 valence electrons. The molecule has 15 nitrogen and oxygen atoms in total. The molecular weight excluding hydrogens is 666 g/mol. The van der Waals surface area contributed by atoms with E-state index in [-0.39, 0.29) is 58.7 Å². The summed E-state index contributed by atoms with van der Waals surface area (Å²) in [5.74, 6) is -2.89. The minimum Gasteiger partial charge on any atom is -0.507 e. The van der Waals surface area contributed by atoms with Gasteiger partial charge in [-0.15, -0.1) is 0 Å². The zero-order valence-corrected chi connectivity index (χ0v) is 28.8. The van der Waals surface area contributed by atoms with E-state index in [9.17, 15) is 29.7 Å². The van der Waals surface area contributed by atoms with Crippen molar-refractivity contribution in [2.75, 3.05) is 60.1 Å². The second kappa shape index (κ2) is 13.2. The molecule has 8 rings (SSSR count). The Labute approximate surface area is 294 Å². The number of phenols is 2. The molecule has 0 radical (unpaired) electrons. The smallest absolute Gasteiger partial charge is 0.202 e. The van der Waals surface area contributed by atoms with E-state index in [1.807, 2.05) is 11.8 Å². The summed E-state index contributed by atoms with van der Waals surface area (Å²) >= 11 is 0. The summed E-state index contributed by atoms with van der Waals surface area (Å²) in [6.07, 6.45) is -4.24. The number of ether oxygens (including phenoxy) is 6. The van der Waals surface area contributed by atoms with Gasteiger partial charge in [0.05, 0.1) is 49.2 Å². The number of aromatic hydroxyl groups is 2. The number of piperazine rings is 1. The highest BCUT2D eigenvalue weighted by Crippen LogP contribution is 2.53. The molecule has 2 unspecified atom stereocenters. The van der Waals surface area contributed by atoms with Crippen LogP contribution in [0.3, 0.4) is 0 Å². The molecule has 0 aromatic heterocycles. The van der Waals surface area contributed by atoms with Crippen LogP contribution in [0.1, 0.15) is 68.8 Å². The summed E-state index contributed by atoms with van der Waals surface area (Å²) in [6.45, 7) is 5.48. The molecule has 4 N–H and O–H groups in total. The van der Waals surface area contributed by atoms with Gasteiger partial charge in [0.2, 0.25) is 5.78 Å². The van der Waals surface area contributed by atoms with E-state index in [1.54, 1.807) is 13.2 Å². The second-order valence-electron chi connectivity index (χ2n) is 14.1. The fourth-order valence-corrected chi connectivity index (χ4v) is 8.76. The lowest BCUT2D eigenvalue weighted by Gasteiger charge is -2.43. The third kappa shape index (κ3) is 5.57. The van der Waals surface area contributed by atoms with Crippen molar-refractivity contribution in [1.29, 1.82) is 0 Å². The van der Waals surface area contributed by atoms with Crippen LogP contribution in [0.4, 0.5) is 0 Å². The zero-order chi connectivity index (χ0) is 35.8. The Morgan fingerprint density at radius 2 is 1.80 bits per heavy atom. The first-order valence-electron chi connectivity index (χ1n) is 17.5. The number of aliphatic hydroxyl groups is 1. The van der Waals surface area contributed by atoms with E-state index in [1.165, 1.54) is 19.2 Å². The van der Waals surface area contributed by atoms with Gasteiger partial charge in [-0.25, -0.2) is 0 Å². The lowest BCUT2D eigenvalue weighted by atomic mass is 9.71. The molecular formula is C36H43N3O12. The average Bonchev–Trinajstić information content (AvgIpc) is 3.51. The maximum atomic E-state index is 14.1. The standard InChI is InChI=1S/C36H43N3O12/c1-17-33-20(39-11-12-48-35(47-3)34(39)51-33)13-24(49-17)50-22-15-36(45,23(40)16-38-9-7-37-8-10-38)14-19-26(22)32(44)28-27(30(19)42)29(41)18-5-4-6-21(46-2)25(18)31(28)43/h4-6,17,20,22,24,33-35,37,42,44-45H,7-16H2,1-3H3/t17-,20-,22?,24-,33+,34+,35-,36?/m0/s1. The van der Waals surface area contributed by atoms with Gasteiger partial charge in [0.15, 0.2) is 30.4 Å². The van der Waals surface area contributed by atoms with Crippen LogP contribution in [0.15, 0.2) is 18.2 Å². The highest BCUT2D eigenvalue weighted by molar-refractivity contribution is 6.31. The number of carbonyl (C=O) groups excluding carboxylic acids is 3. The van der Waals surface area contributed by atoms with Crippen molar-refractivity contribution in [2.24, 2.45) is 0 Å². The maximum Gasteiger partial charge on any atom is 0.202 e. The topological polar surface area (TPSA) is 186 Å². The Kier molecular flexibility index (Phi) is 8.92. The summed E-state index contributed by atoms with van der Waals surface area (Å²) in [5, 5.41) is 39.2. The fourth-order valence-electron chi connectivity index (χ4n) is 8.76. The molecule has 0 spiro atoms. The third-order valence-electron chi connectivity index (χ3n) is 11.3. The molecule has 2 aliphatic carbocycles. The molecule has 15 heteroatoms. The Morgan fingerprint density at radius 1 is 1.04 bits per heavy atom. The first kappa shape index (κ1) is 34.6. The molecule has 0 bridgehead atoms. The highest BCUT2D eigenvalue weighted by atomic mass is 16.7. The van der Waals surface area contributed by atoms with E-state index in [0.29, 0.717) is 45.8 Å². The highest BCUT2D eigenvalue weighted by Gasteiger charge is 2.55. The van der Waals surface area contributed by atoms with Crippen molar-refractivity contribution >= 4 is 17.3 Å². The van der Waals surface area contributed by atoms with Gasteiger partial charge in [0.25, 0.3) is 0 Å². The predicted octanol–water partition coefficient (Wildman–Crippen LogP) is 0.624. The van der Waals surface area contributed by atoms with E-state index >= 15 is 0 Å². The number of carbonyl (C=O) groups is 3. The Morgan fingerprint density at radius 3 is 2.55 bits per heavy atom. The molecule has 0 saturated carbocycles. The van der Waals surface area contributed by atoms with Gasteiger partial charge in [-0.05, 0) is 13.0 Å². The number of benzene rings is 2. The number of rotatable bonds is 7. The molecule has 4 heterocycles. The van der Waals surface area contributed by atoms with Crippen LogP contribution in [0.5, 0.6) is 17.2 Å². The van der Waals surface area contributed by atoms with Gasteiger partial charge in [-0.3, -0.25) is 24.2 Å². The number of phenolic OH excluding ortho intramolecular Hbond substituents is 2. The Hall–Kier alpha value is -3.51. The monoisotopic (exact) mass is 709 g/mol. The van der Waals surface area contributed by atoms with Gasteiger partial charge >= 0.3 is 0 Å². The second-order valence-corrected chi connectivity index (χ2v) is 14.1. The van der Waals surface area contributed by atoms with Crippen LogP contribution in [0.25, 0.3) is 0 Å². The predicted molar refractivity (Wildman–Crippen MR) is 176 cm³/mol. The molecule has 6 aliphatic rings. The normalized spacial score (nSPS) is 33.5. The van der Waals surface area contributed by atoms with E-state index in [0.717, 1.165) is 0 Å². The fraction of sp³-hybridized carbons (Fsp3) is 0.583. The number of Topliss-reactive ketones (excluding diaryl/α,β-unsaturated/α-hetero) is 1. The summed E-state index contributed by atoms with van der Waals surface area (Å²) in [4.78, 5) is 46.1. The molecule has 51 heavy (non-hydrogen) atoms. The molecule has 4 aliphatic heterocycles. The lowest BCUT2D eigenvalue weighted by Crippen LogP contribution is -2.55. The third-order valence-corrected chi connectivity index (χ3v) is 11.3. The van der Waals surface area contributed by atoms with Crippen LogP contribution in [-0.2, 0) is 34.9 Å². The van der Waals surface area contributed by atoms with Gasteiger partial charge in [-0.1, -0.05) is 12.1 Å². The van der Waals surface area contributed by atoms with Gasteiger partial charge in [0.1, 0.15) is 29.0 Å². The largest absolute Gasteiger partial charge is 0.507 e.